The van der Waals surface area contributed by atoms with Gasteiger partial charge in [0.05, 0.1) is 21.0 Å². The molecule has 1 aromatic carbocycles. The number of benzene rings is 1. The molecular weight excluding hydrogens is 324 g/mol. The first-order valence-corrected chi connectivity index (χ1v) is 8.56. The Bertz CT molecular complexity index is 767. The summed E-state index contributed by atoms with van der Waals surface area (Å²) < 4.78 is 0. The second kappa shape index (κ2) is 7.88. The van der Waals surface area contributed by atoms with Gasteiger partial charge in [-0.25, -0.2) is 0 Å². The quantitative estimate of drug-likeness (QED) is 0.784. The molecule has 5 nitrogen and oxygen atoms in total. The standard InChI is InChI=1S/C18H20N2O3S/c1-4-11(2)19-17(22)13-7-5-6-8-14(13)20-18(23)16-10-9-15(24-16)12(3)21/h5-11H,4H2,1-3H3,(H,19,22)(H,20,23). The highest BCUT2D eigenvalue weighted by Gasteiger charge is 2.16. The van der Waals surface area contributed by atoms with E-state index in [1.54, 1.807) is 36.4 Å². The topological polar surface area (TPSA) is 75.3 Å². The van der Waals surface area contributed by atoms with Crippen LogP contribution in [0.5, 0.6) is 0 Å². The van der Waals surface area contributed by atoms with Crippen LogP contribution in [-0.4, -0.2) is 23.6 Å². The Morgan fingerprint density at radius 3 is 2.33 bits per heavy atom. The van der Waals surface area contributed by atoms with Crippen LogP contribution in [0, 0.1) is 0 Å². The lowest BCUT2D eigenvalue weighted by Gasteiger charge is -2.14. The minimum atomic E-state index is -0.337. The Morgan fingerprint density at radius 1 is 1.04 bits per heavy atom. The molecule has 2 rings (SSSR count). The number of thiophene rings is 1. The molecule has 6 heteroatoms. The van der Waals surface area contributed by atoms with Crippen molar-refractivity contribution in [3.05, 3.63) is 51.7 Å². The van der Waals surface area contributed by atoms with E-state index in [2.05, 4.69) is 10.6 Å². The summed E-state index contributed by atoms with van der Waals surface area (Å²) in [5.41, 5.74) is 0.857. The highest BCUT2D eigenvalue weighted by molar-refractivity contribution is 7.16. The monoisotopic (exact) mass is 344 g/mol. The average Bonchev–Trinajstić information content (AvgIpc) is 3.05. The van der Waals surface area contributed by atoms with E-state index < -0.39 is 0 Å². The number of anilines is 1. The lowest BCUT2D eigenvalue weighted by atomic mass is 10.1. The fourth-order valence-corrected chi connectivity index (χ4v) is 2.82. The first-order chi connectivity index (χ1) is 11.4. The Labute approximate surface area is 145 Å². The number of ketones is 1. The van der Waals surface area contributed by atoms with Crippen LogP contribution in [0.2, 0.25) is 0 Å². The molecular formula is C18H20N2O3S. The summed E-state index contributed by atoms with van der Waals surface area (Å²) in [7, 11) is 0. The minimum absolute atomic E-state index is 0.0525. The second-order valence-corrected chi connectivity index (χ2v) is 6.59. The van der Waals surface area contributed by atoms with Gasteiger partial charge in [-0.1, -0.05) is 19.1 Å². The van der Waals surface area contributed by atoms with Gasteiger partial charge in [-0.2, -0.15) is 0 Å². The predicted octanol–water partition coefficient (Wildman–Crippen LogP) is 3.73. The molecule has 1 unspecified atom stereocenters. The maximum Gasteiger partial charge on any atom is 0.265 e. The van der Waals surface area contributed by atoms with Crippen LogP contribution >= 0.6 is 11.3 Å². The molecule has 0 radical (unpaired) electrons. The third-order valence-corrected chi connectivity index (χ3v) is 4.77. The van der Waals surface area contributed by atoms with Crippen molar-refractivity contribution < 1.29 is 14.4 Å². The van der Waals surface area contributed by atoms with Crippen molar-refractivity contribution in [2.45, 2.75) is 33.2 Å². The minimum Gasteiger partial charge on any atom is -0.350 e. The van der Waals surface area contributed by atoms with Crippen molar-refractivity contribution >= 4 is 34.6 Å². The molecule has 0 aliphatic carbocycles. The van der Waals surface area contributed by atoms with Crippen LogP contribution in [0.4, 0.5) is 5.69 Å². The third kappa shape index (κ3) is 4.29. The maximum atomic E-state index is 12.4. The van der Waals surface area contributed by atoms with Crippen LogP contribution in [0.15, 0.2) is 36.4 Å². The zero-order chi connectivity index (χ0) is 17.7. The van der Waals surface area contributed by atoms with Gasteiger partial charge in [0.15, 0.2) is 5.78 Å². The fourth-order valence-electron chi connectivity index (χ4n) is 2.03. The molecule has 1 atom stereocenters. The SMILES string of the molecule is CCC(C)NC(=O)c1ccccc1NC(=O)c1ccc(C(C)=O)s1. The van der Waals surface area contributed by atoms with Crippen molar-refractivity contribution in [1.82, 2.24) is 5.32 Å². The van der Waals surface area contributed by atoms with E-state index in [0.717, 1.165) is 17.8 Å². The summed E-state index contributed by atoms with van der Waals surface area (Å²) in [5, 5.41) is 5.64. The second-order valence-electron chi connectivity index (χ2n) is 5.50. The molecule has 2 amide bonds. The van der Waals surface area contributed by atoms with Gasteiger partial charge in [-0.3, -0.25) is 14.4 Å². The largest absolute Gasteiger partial charge is 0.350 e. The lowest BCUT2D eigenvalue weighted by Crippen LogP contribution is -2.32. The molecule has 0 fully saturated rings. The van der Waals surface area contributed by atoms with E-state index in [-0.39, 0.29) is 23.6 Å². The van der Waals surface area contributed by atoms with Crippen LogP contribution in [0.3, 0.4) is 0 Å². The normalized spacial score (nSPS) is 11.6. The lowest BCUT2D eigenvalue weighted by molar-refractivity contribution is 0.0939. The molecule has 1 aromatic heterocycles. The Hall–Kier alpha value is -2.47. The average molecular weight is 344 g/mol. The molecule has 2 N–H and O–H groups in total. The van der Waals surface area contributed by atoms with E-state index in [1.807, 2.05) is 13.8 Å². The number of hydrogen-bond donors (Lipinski definition) is 2. The Balaban J connectivity index is 2.18. The van der Waals surface area contributed by atoms with E-state index in [4.69, 9.17) is 0 Å². The van der Waals surface area contributed by atoms with Crippen LogP contribution < -0.4 is 10.6 Å². The molecule has 0 bridgehead atoms. The summed E-state index contributed by atoms with van der Waals surface area (Å²) in [4.78, 5) is 37.0. The first kappa shape index (κ1) is 17.9. The highest BCUT2D eigenvalue weighted by Crippen LogP contribution is 2.21. The van der Waals surface area contributed by atoms with Crippen molar-refractivity contribution in [3.8, 4) is 0 Å². The molecule has 0 spiro atoms. The van der Waals surface area contributed by atoms with Crippen molar-refractivity contribution in [2.24, 2.45) is 0 Å². The van der Waals surface area contributed by atoms with Crippen molar-refractivity contribution in [2.75, 3.05) is 5.32 Å². The predicted molar refractivity (Wildman–Crippen MR) is 95.9 cm³/mol. The van der Waals surface area contributed by atoms with Gasteiger partial charge in [-0.15, -0.1) is 11.3 Å². The molecule has 1 heterocycles. The number of Topliss-reactive ketones (excluding diaryl/α,β-unsaturated/α-hetero) is 1. The van der Waals surface area contributed by atoms with E-state index >= 15 is 0 Å². The number of carbonyl (C=O) groups excluding carboxylic acids is 3. The van der Waals surface area contributed by atoms with E-state index in [1.165, 1.54) is 6.92 Å². The Morgan fingerprint density at radius 2 is 1.71 bits per heavy atom. The van der Waals surface area contributed by atoms with E-state index in [0.29, 0.717) is 21.0 Å². The number of carbonyl (C=O) groups is 3. The van der Waals surface area contributed by atoms with Gasteiger partial charge in [-0.05, 0) is 44.5 Å². The van der Waals surface area contributed by atoms with Gasteiger partial charge < -0.3 is 10.6 Å². The molecule has 0 aliphatic rings. The third-order valence-electron chi connectivity index (χ3n) is 3.59. The summed E-state index contributed by atoms with van der Waals surface area (Å²) in [6.45, 7) is 5.37. The van der Waals surface area contributed by atoms with Crippen LogP contribution in [0.25, 0.3) is 0 Å². The summed E-state index contributed by atoms with van der Waals surface area (Å²) in [5.74, 6) is -0.639. The van der Waals surface area contributed by atoms with Crippen LogP contribution in [-0.2, 0) is 0 Å². The molecule has 126 valence electrons. The Kier molecular flexibility index (Phi) is 5.87. The number of rotatable bonds is 6. The maximum absolute atomic E-state index is 12.4. The van der Waals surface area contributed by atoms with Gasteiger partial charge >= 0.3 is 0 Å². The number of para-hydroxylation sites is 1. The fraction of sp³-hybridized carbons (Fsp3) is 0.278. The summed E-state index contributed by atoms with van der Waals surface area (Å²) in [6.07, 6.45) is 0.823. The number of amides is 2. The zero-order valence-electron chi connectivity index (χ0n) is 13.9. The van der Waals surface area contributed by atoms with Crippen LogP contribution in [0.1, 0.15) is 56.9 Å². The highest BCUT2D eigenvalue weighted by atomic mass is 32.1. The van der Waals surface area contributed by atoms with Gasteiger partial charge in [0.25, 0.3) is 11.8 Å². The number of hydrogen-bond acceptors (Lipinski definition) is 4. The molecule has 24 heavy (non-hydrogen) atoms. The van der Waals surface area contributed by atoms with E-state index in [9.17, 15) is 14.4 Å². The van der Waals surface area contributed by atoms with Crippen molar-refractivity contribution in [1.29, 1.82) is 0 Å². The van der Waals surface area contributed by atoms with Gasteiger partial charge in [0.2, 0.25) is 0 Å². The summed E-state index contributed by atoms with van der Waals surface area (Å²) >= 11 is 1.13. The van der Waals surface area contributed by atoms with Gasteiger partial charge in [0, 0.05) is 6.04 Å². The summed E-state index contributed by atoms with van der Waals surface area (Å²) in [6, 6.07) is 10.1. The molecule has 0 saturated heterocycles. The van der Waals surface area contributed by atoms with Gasteiger partial charge in [0.1, 0.15) is 0 Å². The number of nitrogens with one attached hydrogen (secondary N) is 2. The molecule has 0 saturated carbocycles. The molecule has 2 aromatic rings. The zero-order valence-corrected chi connectivity index (χ0v) is 14.7. The smallest absolute Gasteiger partial charge is 0.265 e. The molecule has 0 aliphatic heterocycles. The first-order valence-electron chi connectivity index (χ1n) is 7.74. The van der Waals surface area contributed by atoms with Crippen molar-refractivity contribution in [3.63, 3.8) is 0 Å².